The number of anilines is 1. The Bertz CT molecular complexity index is 1420. The summed E-state index contributed by atoms with van der Waals surface area (Å²) in [5.41, 5.74) is 14.0. The summed E-state index contributed by atoms with van der Waals surface area (Å²) >= 11 is 0. The van der Waals surface area contributed by atoms with E-state index in [0.29, 0.717) is 11.6 Å². The highest BCUT2D eigenvalue weighted by Gasteiger charge is 2.34. The molecule has 34 heavy (non-hydrogen) atoms. The lowest BCUT2D eigenvalue weighted by molar-refractivity contribution is 0.227. The number of rotatable bonds is 1. The van der Waals surface area contributed by atoms with Gasteiger partial charge in [-0.1, -0.05) is 6.92 Å². The van der Waals surface area contributed by atoms with E-state index in [0.717, 1.165) is 65.0 Å². The number of nitrogens with two attached hydrogens (primary N) is 1. The maximum absolute atomic E-state index is 14.4. The van der Waals surface area contributed by atoms with Gasteiger partial charge in [-0.15, -0.1) is 0 Å². The van der Waals surface area contributed by atoms with Gasteiger partial charge < -0.3 is 10.5 Å². The summed E-state index contributed by atoms with van der Waals surface area (Å²) in [6, 6.07) is 6.77. The first-order chi connectivity index (χ1) is 16.4. The van der Waals surface area contributed by atoms with Crippen molar-refractivity contribution in [1.82, 2.24) is 24.5 Å². The number of hydrogen-bond donors (Lipinski definition) is 1. The zero-order chi connectivity index (χ0) is 23.6. The van der Waals surface area contributed by atoms with Crippen LogP contribution in [0.1, 0.15) is 61.2 Å². The first-order valence-electron chi connectivity index (χ1n) is 11.8. The van der Waals surface area contributed by atoms with Crippen molar-refractivity contribution in [3.05, 3.63) is 65.0 Å². The molecule has 8 heteroatoms. The summed E-state index contributed by atoms with van der Waals surface area (Å²) < 4.78 is 24.7. The molecule has 2 N–H and O–H groups in total. The minimum atomic E-state index is -0.460. The highest BCUT2D eigenvalue weighted by Crippen LogP contribution is 2.46. The average Bonchev–Trinajstić information content (AvgIpc) is 3.40. The summed E-state index contributed by atoms with van der Waals surface area (Å²) in [6.45, 7) is 4.90. The summed E-state index contributed by atoms with van der Waals surface area (Å²) in [5, 5.41) is 9.84. The Morgan fingerprint density at radius 2 is 2.06 bits per heavy atom. The lowest BCUT2D eigenvalue weighted by atomic mass is 9.83. The Kier molecular flexibility index (Phi) is 4.72. The van der Waals surface area contributed by atoms with Crippen LogP contribution in [0.15, 0.2) is 36.7 Å². The Labute approximate surface area is 197 Å². The van der Waals surface area contributed by atoms with E-state index in [4.69, 9.17) is 20.7 Å². The molecule has 6 rings (SSSR count). The van der Waals surface area contributed by atoms with Gasteiger partial charge in [-0.25, -0.2) is 9.37 Å². The Hall–Kier alpha value is -3.68. The molecule has 2 bridgehead atoms. The van der Waals surface area contributed by atoms with Crippen LogP contribution in [0.5, 0.6) is 5.75 Å². The van der Waals surface area contributed by atoms with Crippen molar-refractivity contribution in [2.24, 2.45) is 7.05 Å². The van der Waals surface area contributed by atoms with Gasteiger partial charge in [0.2, 0.25) is 0 Å². The average molecular weight is 459 g/mol. The Morgan fingerprint density at radius 1 is 1.21 bits per heavy atom. The van der Waals surface area contributed by atoms with Crippen molar-refractivity contribution >= 4 is 5.82 Å². The molecular formula is C26H27FN6O. The van der Waals surface area contributed by atoms with E-state index < -0.39 is 6.10 Å². The molecule has 4 aromatic rings. The predicted molar refractivity (Wildman–Crippen MR) is 128 cm³/mol. The van der Waals surface area contributed by atoms with Crippen LogP contribution in [0.25, 0.3) is 22.4 Å². The van der Waals surface area contributed by atoms with Gasteiger partial charge >= 0.3 is 0 Å². The highest BCUT2D eigenvalue weighted by molar-refractivity contribution is 5.75. The first kappa shape index (κ1) is 20.9. The molecule has 0 unspecified atom stereocenters. The molecule has 174 valence electrons. The molecule has 0 saturated heterocycles. The standard InChI is InChI=1S/C26H27FN6O/c1-4-21-23-15-10-22(26(28)29-12-15)34-14(2)19-11-16(27)7-8-17(19)24-20(13-32(3)31-24)18-6-5-9-33(30-21)25(18)23/h7-8,10-14,18H,4-6,9H2,1-3H3,(H2,28,29)/t14-,18-/m1/s1. The fourth-order valence-corrected chi connectivity index (χ4v) is 5.49. The summed E-state index contributed by atoms with van der Waals surface area (Å²) in [5.74, 6) is 0.579. The quantitative estimate of drug-likeness (QED) is 0.434. The maximum Gasteiger partial charge on any atom is 0.166 e. The third-order valence-electron chi connectivity index (χ3n) is 7.01. The second-order valence-corrected chi connectivity index (χ2v) is 9.18. The largest absolute Gasteiger partial charge is 0.482 e. The predicted octanol–water partition coefficient (Wildman–Crippen LogP) is 5.01. The number of aryl methyl sites for hydroxylation is 3. The van der Waals surface area contributed by atoms with Crippen molar-refractivity contribution in [3.63, 3.8) is 0 Å². The SMILES string of the molecule is CCc1nn2c3c1-c1cnc(N)c(c1)O[C@H](C)c1cc(F)ccc1-c1nn(C)cc1[C@H]3CCC2. The Balaban J connectivity index is 1.72. The lowest BCUT2D eigenvalue weighted by Crippen LogP contribution is -2.18. The number of hydrogen-bond acceptors (Lipinski definition) is 5. The molecule has 7 nitrogen and oxygen atoms in total. The van der Waals surface area contributed by atoms with E-state index in [-0.39, 0.29) is 11.7 Å². The van der Waals surface area contributed by atoms with Gasteiger partial charge in [-0.2, -0.15) is 10.2 Å². The van der Waals surface area contributed by atoms with Crippen LogP contribution < -0.4 is 10.5 Å². The summed E-state index contributed by atoms with van der Waals surface area (Å²) in [4.78, 5) is 4.46. The zero-order valence-corrected chi connectivity index (χ0v) is 19.5. The fourth-order valence-electron chi connectivity index (χ4n) is 5.49. The van der Waals surface area contributed by atoms with Gasteiger partial charge in [-0.05, 0) is 50.5 Å². The van der Waals surface area contributed by atoms with Crippen molar-refractivity contribution in [1.29, 1.82) is 0 Å². The van der Waals surface area contributed by atoms with Gasteiger partial charge in [0.1, 0.15) is 11.9 Å². The van der Waals surface area contributed by atoms with Gasteiger partial charge in [0.15, 0.2) is 11.6 Å². The van der Waals surface area contributed by atoms with Gasteiger partial charge in [0, 0.05) is 59.7 Å². The molecule has 0 spiro atoms. The van der Waals surface area contributed by atoms with Crippen LogP contribution in [0.3, 0.4) is 0 Å². The third kappa shape index (κ3) is 3.12. The number of nitrogen functional groups attached to an aromatic ring is 1. The molecule has 2 atom stereocenters. The molecule has 3 aromatic heterocycles. The number of benzene rings is 1. The zero-order valence-electron chi connectivity index (χ0n) is 19.5. The molecule has 0 aliphatic carbocycles. The molecule has 0 amide bonds. The topological polar surface area (TPSA) is 83.8 Å². The van der Waals surface area contributed by atoms with E-state index in [1.807, 2.05) is 24.7 Å². The molecule has 0 fully saturated rings. The van der Waals surface area contributed by atoms with Crippen molar-refractivity contribution in [2.45, 2.75) is 51.7 Å². The molecule has 0 radical (unpaired) electrons. The second kappa shape index (κ2) is 7.68. The van der Waals surface area contributed by atoms with Crippen LogP contribution >= 0.6 is 0 Å². The second-order valence-electron chi connectivity index (χ2n) is 9.18. The van der Waals surface area contributed by atoms with E-state index in [1.165, 1.54) is 17.8 Å². The molecule has 2 aliphatic rings. The molecule has 2 aliphatic heterocycles. The van der Waals surface area contributed by atoms with Gasteiger partial charge in [0.25, 0.3) is 0 Å². The van der Waals surface area contributed by atoms with E-state index >= 15 is 0 Å². The van der Waals surface area contributed by atoms with Gasteiger partial charge in [-0.3, -0.25) is 9.36 Å². The summed E-state index contributed by atoms with van der Waals surface area (Å²) in [7, 11) is 1.93. The van der Waals surface area contributed by atoms with Crippen molar-refractivity contribution < 1.29 is 9.13 Å². The van der Waals surface area contributed by atoms with E-state index in [1.54, 1.807) is 12.3 Å². The van der Waals surface area contributed by atoms with Crippen LogP contribution in [0, 0.1) is 5.82 Å². The highest BCUT2D eigenvalue weighted by atomic mass is 19.1. The number of aromatic nitrogens is 5. The lowest BCUT2D eigenvalue weighted by Gasteiger charge is -2.27. The van der Waals surface area contributed by atoms with Gasteiger partial charge in [0.05, 0.1) is 17.1 Å². The minimum absolute atomic E-state index is 0.106. The third-order valence-corrected chi connectivity index (χ3v) is 7.01. The molecule has 1 aromatic carbocycles. The van der Waals surface area contributed by atoms with Crippen LogP contribution in [-0.4, -0.2) is 24.5 Å². The van der Waals surface area contributed by atoms with E-state index in [9.17, 15) is 4.39 Å². The number of fused-ring (bicyclic) bond motifs is 7. The molecule has 5 heterocycles. The van der Waals surface area contributed by atoms with Crippen molar-refractivity contribution in [3.8, 4) is 28.1 Å². The minimum Gasteiger partial charge on any atom is -0.482 e. The van der Waals surface area contributed by atoms with E-state index in [2.05, 4.69) is 22.8 Å². The number of pyridine rings is 1. The molecular weight excluding hydrogens is 431 g/mol. The van der Waals surface area contributed by atoms with Crippen LogP contribution in [-0.2, 0) is 20.0 Å². The molecule has 0 saturated carbocycles. The monoisotopic (exact) mass is 458 g/mol. The van der Waals surface area contributed by atoms with Crippen molar-refractivity contribution in [2.75, 3.05) is 5.73 Å². The fraction of sp³-hybridized carbons (Fsp3) is 0.346. The number of nitrogens with zero attached hydrogens (tertiary/aromatic N) is 5. The Morgan fingerprint density at radius 3 is 2.88 bits per heavy atom. The normalized spacial score (nSPS) is 18.7. The maximum atomic E-state index is 14.4. The first-order valence-corrected chi connectivity index (χ1v) is 11.8. The summed E-state index contributed by atoms with van der Waals surface area (Å²) in [6.07, 6.45) is 6.25. The smallest absolute Gasteiger partial charge is 0.166 e. The van der Waals surface area contributed by atoms with Crippen LogP contribution in [0.2, 0.25) is 0 Å². The number of ether oxygens (including phenoxy) is 1. The van der Waals surface area contributed by atoms with Crippen LogP contribution in [0.4, 0.5) is 10.2 Å². The number of halogens is 1.